The first-order valence-electron chi connectivity index (χ1n) is 12.9. The predicted molar refractivity (Wildman–Crippen MR) is 147 cm³/mol. The van der Waals surface area contributed by atoms with E-state index in [1.165, 1.54) is 13.2 Å². The summed E-state index contributed by atoms with van der Waals surface area (Å²) in [4.78, 5) is 4.63. The molecule has 0 bridgehead atoms. The van der Waals surface area contributed by atoms with E-state index in [9.17, 15) is 0 Å². The van der Waals surface area contributed by atoms with Crippen LogP contribution in [-0.4, -0.2) is 55.0 Å². The number of ether oxygens (including phenoxy) is 2. The van der Waals surface area contributed by atoms with Gasteiger partial charge < -0.3 is 24.1 Å². The first-order chi connectivity index (χ1) is 18.2. The molecule has 0 spiro atoms. The number of alkyl halides is 2. The molecule has 3 fully saturated rings. The lowest BCUT2D eigenvalue weighted by Gasteiger charge is -2.38. The Labute approximate surface area is 232 Å². The molecule has 1 N–H and O–H groups in total. The number of hydrogen-bond donors (Lipinski definition) is 1. The fraction of sp³-hybridized carbons (Fsp3) is 0.536. The van der Waals surface area contributed by atoms with Gasteiger partial charge in [0.1, 0.15) is 16.3 Å². The van der Waals surface area contributed by atoms with Crippen LogP contribution < -0.4 is 15.5 Å². The van der Waals surface area contributed by atoms with Gasteiger partial charge in [0.15, 0.2) is 5.17 Å². The second-order valence-electron chi connectivity index (χ2n) is 11.6. The standard InChI is InChI=1S/C28H34BF3N2O4S/c1-24(2)25(3,4)38-29(37-24)18-10-13-21(30)20(14-18)26(5)22-27(16-35-6,28(22,31)32)39-23(34-26)33-15-17-8-11-19(36-7)12-9-17/h8-14,22H,15-16H2,1-7H3,(H,33,34)/t22-,26+,27+/m0/s1. The number of benzene rings is 2. The van der Waals surface area contributed by atoms with Crippen molar-refractivity contribution in [3.63, 3.8) is 0 Å². The van der Waals surface area contributed by atoms with Crippen LogP contribution >= 0.6 is 11.8 Å². The lowest BCUT2D eigenvalue weighted by atomic mass is 9.75. The summed E-state index contributed by atoms with van der Waals surface area (Å²) >= 11 is 0.965. The smallest absolute Gasteiger partial charge is 0.494 e. The van der Waals surface area contributed by atoms with Crippen molar-refractivity contribution in [3.05, 3.63) is 59.4 Å². The third kappa shape index (κ3) is 4.45. The second-order valence-corrected chi connectivity index (χ2v) is 12.9. The summed E-state index contributed by atoms with van der Waals surface area (Å²) in [6.45, 7) is 9.36. The lowest BCUT2D eigenvalue weighted by molar-refractivity contribution is 0.00578. The van der Waals surface area contributed by atoms with E-state index in [1.807, 2.05) is 52.0 Å². The van der Waals surface area contributed by atoms with Crippen molar-refractivity contribution >= 4 is 29.5 Å². The second kappa shape index (κ2) is 9.43. The maximum absolute atomic E-state index is 15.7. The highest BCUT2D eigenvalue weighted by molar-refractivity contribution is 8.15. The van der Waals surface area contributed by atoms with Gasteiger partial charge in [0.25, 0.3) is 5.92 Å². The van der Waals surface area contributed by atoms with Gasteiger partial charge in [-0.3, -0.25) is 4.99 Å². The average molecular weight is 562 g/mol. The van der Waals surface area contributed by atoms with Crippen LogP contribution in [0, 0.1) is 11.7 Å². The Hall–Kier alpha value is -2.21. The van der Waals surface area contributed by atoms with Crippen LogP contribution in [0.1, 0.15) is 45.7 Å². The maximum atomic E-state index is 15.7. The van der Waals surface area contributed by atoms with Crippen molar-refractivity contribution in [2.75, 3.05) is 20.8 Å². The van der Waals surface area contributed by atoms with E-state index in [0.29, 0.717) is 16.4 Å². The van der Waals surface area contributed by atoms with Gasteiger partial charge in [0.05, 0.1) is 42.9 Å². The van der Waals surface area contributed by atoms with Gasteiger partial charge in [-0.05, 0) is 63.8 Å². The van der Waals surface area contributed by atoms with E-state index in [1.54, 1.807) is 26.2 Å². The third-order valence-corrected chi connectivity index (χ3v) is 9.95. The van der Waals surface area contributed by atoms with E-state index < -0.39 is 46.3 Å². The van der Waals surface area contributed by atoms with Gasteiger partial charge in [0, 0.05) is 12.7 Å². The number of fused-ring (bicyclic) bond motifs is 1. The lowest BCUT2D eigenvalue weighted by Crippen LogP contribution is -2.52. The number of aliphatic imine (C=N–C) groups is 1. The van der Waals surface area contributed by atoms with Gasteiger partial charge in [-0.25, -0.2) is 13.2 Å². The molecule has 2 aromatic rings. The van der Waals surface area contributed by atoms with Crippen LogP contribution in [0.25, 0.3) is 0 Å². The van der Waals surface area contributed by atoms with Gasteiger partial charge >= 0.3 is 7.12 Å². The molecule has 5 rings (SSSR count). The van der Waals surface area contributed by atoms with Crippen molar-refractivity contribution in [1.82, 2.24) is 5.32 Å². The number of rotatable bonds is 7. The minimum atomic E-state index is -3.13. The van der Waals surface area contributed by atoms with E-state index >= 15 is 13.2 Å². The number of amidine groups is 1. The number of halogens is 3. The molecule has 3 aliphatic rings. The predicted octanol–water partition coefficient (Wildman–Crippen LogP) is 4.89. The van der Waals surface area contributed by atoms with Crippen LogP contribution in [0.3, 0.4) is 0 Å². The van der Waals surface area contributed by atoms with Crippen molar-refractivity contribution < 1.29 is 32.0 Å². The molecule has 0 radical (unpaired) electrons. The van der Waals surface area contributed by atoms with Crippen molar-refractivity contribution in [2.24, 2.45) is 10.9 Å². The molecule has 0 amide bonds. The molecule has 2 saturated heterocycles. The number of methoxy groups -OCH3 is 2. The van der Waals surface area contributed by atoms with Crippen LogP contribution in [0.15, 0.2) is 47.5 Å². The number of hydrogen-bond acceptors (Lipinski definition) is 6. The molecule has 11 heteroatoms. The van der Waals surface area contributed by atoms with Crippen molar-refractivity contribution in [3.8, 4) is 5.75 Å². The van der Waals surface area contributed by atoms with E-state index in [0.717, 1.165) is 17.3 Å². The number of nitrogens with zero attached hydrogens (tertiary/aromatic N) is 1. The zero-order valence-electron chi connectivity index (χ0n) is 23.2. The normalized spacial score (nSPS) is 31.1. The molecule has 2 aliphatic heterocycles. The molecule has 1 saturated carbocycles. The van der Waals surface area contributed by atoms with E-state index in [2.05, 4.69) is 10.3 Å². The molecule has 210 valence electrons. The summed E-state index contributed by atoms with van der Waals surface area (Å²) in [5.74, 6) is -4.24. The first kappa shape index (κ1) is 28.3. The van der Waals surface area contributed by atoms with E-state index in [-0.39, 0.29) is 18.7 Å². The molecule has 2 heterocycles. The van der Waals surface area contributed by atoms with Crippen LogP contribution in [0.2, 0.25) is 0 Å². The molecule has 39 heavy (non-hydrogen) atoms. The SMILES string of the molecule is COC[C@@]12SC(=NCc3ccc(OC)cc3)N[C@](C)(c3cc(B4OC(C)(C)C(C)(C)O4)ccc3F)[C@@H]1C2(F)F. The first-order valence-corrected chi connectivity index (χ1v) is 13.7. The molecule has 0 aromatic heterocycles. The Morgan fingerprint density at radius 1 is 1.00 bits per heavy atom. The molecule has 1 aliphatic carbocycles. The topological polar surface area (TPSA) is 61.3 Å². The minimum Gasteiger partial charge on any atom is -0.497 e. The Morgan fingerprint density at radius 2 is 1.64 bits per heavy atom. The highest BCUT2D eigenvalue weighted by atomic mass is 32.2. The van der Waals surface area contributed by atoms with Gasteiger partial charge in [0.2, 0.25) is 0 Å². The zero-order chi connectivity index (χ0) is 28.4. The number of nitrogens with one attached hydrogen (secondary N) is 1. The number of thioether (sulfide) groups is 1. The van der Waals surface area contributed by atoms with Crippen LogP contribution in [0.5, 0.6) is 5.75 Å². The van der Waals surface area contributed by atoms with E-state index in [4.69, 9.17) is 18.8 Å². The zero-order valence-corrected chi connectivity index (χ0v) is 24.0. The van der Waals surface area contributed by atoms with Gasteiger partial charge in [-0.2, -0.15) is 0 Å². The van der Waals surface area contributed by atoms with Gasteiger partial charge in [-0.1, -0.05) is 36.0 Å². The molecule has 0 unspecified atom stereocenters. The third-order valence-electron chi connectivity index (χ3n) is 8.53. The van der Waals surface area contributed by atoms with Crippen molar-refractivity contribution in [1.29, 1.82) is 0 Å². The van der Waals surface area contributed by atoms with Crippen LogP contribution in [-0.2, 0) is 26.1 Å². The summed E-state index contributed by atoms with van der Waals surface area (Å²) in [5.41, 5.74) is -1.14. The largest absolute Gasteiger partial charge is 0.497 e. The quantitative estimate of drug-likeness (QED) is 0.485. The van der Waals surface area contributed by atoms with Crippen LogP contribution in [0.4, 0.5) is 13.2 Å². The Balaban J connectivity index is 1.52. The molecular weight excluding hydrogens is 528 g/mol. The molecular formula is C28H34BF3N2O4S. The molecule has 3 atom stereocenters. The average Bonchev–Trinajstić information content (AvgIpc) is 3.26. The molecule has 6 nitrogen and oxygen atoms in total. The molecule has 2 aromatic carbocycles. The Kier molecular flexibility index (Phi) is 6.85. The fourth-order valence-corrected chi connectivity index (χ4v) is 7.17. The van der Waals surface area contributed by atoms with Crippen molar-refractivity contribution in [2.45, 2.75) is 68.6 Å². The summed E-state index contributed by atoms with van der Waals surface area (Å²) in [6.07, 6.45) is 0. The summed E-state index contributed by atoms with van der Waals surface area (Å²) in [5, 5.41) is 3.50. The maximum Gasteiger partial charge on any atom is 0.494 e. The highest BCUT2D eigenvalue weighted by Crippen LogP contribution is 2.74. The Morgan fingerprint density at radius 3 is 2.23 bits per heavy atom. The van der Waals surface area contributed by atoms with Gasteiger partial charge in [-0.15, -0.1) is 0 Å². The summed E-state index contributed by atoms with van der Waals surface area (Å²) in [7, 11) is 2.22. The monoisotopic (exact) mass is 562 g/mol. The summed E-state index contributed by atoms with van der Waals surface area (Å²) < 4.78 is 68.2. The fourth-order valence-electron chi connectivity index (χ4n) is 5.56. The summed E-state index contributed by atoms with van der Waals surface area (Å²) in [6, 6.07) is 11.8. The minimum absolute atomic E-state index is 0.106. The Bertz CT molecular complexity index is 1280. The highest BCUT2D eigenvalue weighted by Gasteiger charge is 2.88.